The number of halogens is 5. The molecule has 4 rings (SSSR count). The number of aromatic nitrogens is 2. The van der Waals surface area contributed by atoms with E-state index in [1.54, 1.807) is 45.0 Å². The van der Waals surface area contributed by atoms with Crippen LogP contribution in [0.25, 0.3) is 10.8 Å². The highest BCUT2D eigenvalue weighted by atomic mass is 32.2. The quantitative estimate of drug-likeness (QED) is 0.127. The van der Waals surface area contributed by atoms with Gasteiger partial charge in [0.15, 0.2) is 23.3 Å². The van der Waals surface area contributed by atoms with Crippen LogP contribution < -0.4 is 4.74 Å². The minimum Gasteiger partial charge on any atom is -0.403 e. The first-order chi connectivity index (χ1) is 16.4. The van der Waals surface area contributed by atoms with E-state index in [1.807, 2.05) is 18.2 Å². The van der Waals surface area contributed by atoms with Crippen LogP contribution in [-0.2, 0) is 5.54 Å². The number of hydrogen-bond acceptors (Lipinski definition) is 4. The predicted molar refractivity (Wildman–Crippen MR) is 121 cm³/mol. The van der Waals surface area contributed by atoms with Crippen LogP contribution in [0.1, 0.15) is 36.8 Å². The van der Waals surface area contributed by atoms with Crippen LogP contribution in [0.15, 0.2) is 52.3 Å². The summed E-state index contributed by atoms with van der Waals surface area (Å²) in [6, 6.07) is 12.2. The van der Waals surface area contributed by atoms with Gasteiger partial charge in [-0.05, 0) is 44.5 Å². The molecule has 0 saturated heterocycles. The van der Waals surface area contributed by atoms with Crippen LogP contribution in [0.3, 0.4) is 0 Å². The van der Waals surface area contributed by atoms with Crippen LogP contribution >= 0.6 is 11.8 Å². The molecule has 0 saturated carbocycles. The number of esters is 1. The van der Waals surface area contributed by atoms with Gasteiger partial charge in [-0.1, -0.05) is 48.2 Å². The summed E-state index contributed by atoms with van der Waals surface area (Å²) in [4.78, 5) is 12.0. The van der Waals surface area contributed by atoms with Crippen molar-refractivity contribution in [2.24, 2.45) is 0 Å². The smallest absolute Gasteiger partial charge is 0.345 e. The molecule has 0 aliphatic carbocycles. The highest BCUT2D eigenvalue weighted by Crippen LogP contribution is 2.43. The number of carbonyl (C=O) groups is 1. The Labute approximate surface area is 201 Å². The number of carbonyl (C=O) groups excluding carboxylic acids is 1. The molecule has 182 valence electrons. The molecule has 3 aromatic carbocycles. The van der Waals surface area contributed by atoms with Gasteiger partial charge in [-0.2, -0.15) is 5.10 Å². The zero-order chi connectivity index (χ0) is 25.7. The van der Waals surface area contributed by atoms with Crippen molar-refractivity contribution < 1.29 is 31.5 Å². The molecule has 1 aromatic heterocycles. The van der Waals surface area contributed by atoms with Crippen molar-refractivity contribution in [2.75, 3.05) is 0 Å². The maximum absolute atomic E-state index is 14.4. The normalized spacial score (nSPS) is 11.8. The first kappa shape index (κ1) is 24.7. The summed E-state index contributed by atoms with van der Waals surface area (Å²) in [7, 11) is 0. The van der Waals surface area contributed by atoms with Gasteiger partial charge >= 0.3 is 5.97 Å². The van der Waals surface area contributed by atoms with Crippen LogP contribution in [0.5, 0.6) is 5.88 Å². The molecule has 0 unspecified atom stereocenters. The lowest BCUT2D eigenvalue weighted by Crippen LogP contribution is -2.25. The van der Waals surface area contributed by atoms with Crippen LogP contribution in [0.2, 0.25) is 0 Å². The number of ether oxygens (including phenoxy) is 1. The zero-order valence-corrected chi connectivity index (χ0v) is 19.9. The van der Waals surface area contributed by atoms with Crippen molar-refractivity contribution in [2.45, 2.75) is 43.0 Å². The molecular weight excluding hydrogens is 487 g/mol. The molecular formula is C25H19F5N2O2S. The van der Waals surface area contributed by atoms with E-state index in [4.69, 9.17) is 4.74 Å². The Balaban J connectivity index is 1.85. The topological polar surface area (TPSA) is 44.1 Å². The first-order valence-electron chi connectivity index (χ1n) is 10.4. The van der Waals surface area contributed by atoms with Gasteiger partial charge < -0.3 is 4.74 Å². The van der Waals surface area contributed by atoms with Crippen molar-refractivity contribution >= 4 is 28.5 Å². The first-order valence-corrected chi connectivity index (χ1v) is 11.2. The third kappa shape index (κ3) is 4.38. The number of benzene rings is 3. The summed E-state index contributed by atoms with van der Waals surface area (Å²) in [6.07, 6.45) is 0. The molecule has 0 aliphatic rings. The maximum Gasteiger partial charge on any atom is 0.345 e. The zero-order valence-electron chi connectivity index (χ0n) is 19.1. The van der Waals surface area contributed by atoms with Gasteiger partial charge in [0.25, 0.3) is 0 Å². The predicted octanol–water partition coefficient (Wildman–Crippen LogP) is 7.17. The molecule has 10 heteroatoms. The molecule has 1 heterocycles. The standard InChI is InChI=1S/C25H19F5N2O2S/c1-12-21(35-22-19(29)17(27)16(26)18(28)20(22)30)23(32(31-12)25(2,3)4)34-24(33)15-11-7-9-13-8-5-6-10-14(13)15/h5-11H,1-4H3. The lowest BCUT2D eigenvalue weighted by Gasteiger charge is -2.22. The SMILES string of the molecule is Cc1nn(C(C)(C)C)c(OC(=O)c2cccc3ccccc23)c1Sc1c(F)c(F)c(F)c(F)c1F. The van der Waals surface area contributed by atoms with Gasteiger partial charge in [0.1, 0.15) is 0 Å². The van der Waals surface area contributed by atoms with Gasteiger partial charge in [0.05, 0.1) is 26.6 Å². The van der Waals surface area contributed by atoms with E-state index in [1.165, 1.54) is 11.6 Å². The van der Waals surface area contributed by atoms with Crippen LogP contribution in [0.4, 0.5) is 22.0 Å². The molecule has 4 aromatic rings. The Bertz CT molecular complexity index is 1440. The third-order valence-corrected chi connectivity index (χ3v) is 6.41. The Kier molecular flexibility index (Phi) is 6.35. The molecule has 0 aliphatic heterocycles. The second-order valence-corrected chi connectivity index (χ2v) is 9.74. The summed E-state index contributed by atoms with van der Waals surface area (Å²) in [5.74, 6) is -11.3. The van der Waals surface area contributed by atoms with Gasteiger partial charge in [-0.15, -0.1) is 0 Å². The number of hydrogen-bond donors (Lipinski definition) is 0. The fourth-order valence-corrected chi connectivity index (χ4v) is 4.44. The largest absolute Gasteiger partial charge is 0.403 e. The maximum atomic E-state index is 14.4. The summed E-state index contributed by atoms with van der Waals surface area (Å²) < 4.78 is 77.0. The van der Waals surface area contributed by atoms with Crippen molar-refractivity contribution in [3.63, 3.8) is 0 Å². The van der Waals surface area contributed by atoms with E-state index in [2.05, 4.69) is 5.10 Å². The Hall–Kier alpha value is -3.40. The van der Waals surface area contributed by atoms with Gasteiger partial charge in [-0.25, -0.2) is 31.4 Å². The van der Waals surface area contributed by atoms with E-state index in [0.29, 0.717) is 5.39 Å². The molecule has 4 nitrogen and oxygen atoms in total. The summed E-state index contributed by atoms with van der Waals surface area (Å²) in [5.41, 5.74) is -0.349. The van der Waals surface area contributed by atoms with Gasteiger partial charge in [0, 0.05) is 0 Å². The summed E-state index contributed by atoms with van der Waals surface area (Å²) in [6.45, 7) is 6.73. The van der Waals surface area contributed by atoms with E-state index < -0.39 is 45.5 Å². The van der Waals surface area contributed by atoms with Crippen molar-refractivity contribution in [1.29, 1.82) is 0 Å². The highest BCUT2D eigenvalue weighted by molar-refractivity contribution is 7.99. The third-order valence-electron chi connectivity index (χ3n) is 5.17. The summed E-state index contributed by atoms with van der Waals surface area (Å²) in [5, 5.41) is 5.73. The fourth-order valence-electron chi connectivity index (χ4n) is 3.48. The van der Waals surface area contributed by atoms with Crippen molar-refractivity contribution in [1.82, 2.24) is 9.78 Å². The summed E-state index contributed by atoms with van der Waals surface area (Å²) >= 11 is 0.252. The second-order valence-electron chi connectivity index (χ2n) is 8.72. The average Bonchev–Trinajstić information content (AvgIpc) is 3.14. The molecule has 0 radical (unpaired) electrons. The van der Waals surface area contributed by atoms with Crippen LogP contribution in [-0.4, -0.2) is 15.7 Å². The van der Waals surface area contributed by atoms with E-state index in [9.17, 15) is 26.7 Å². The monoisotopic (exact) mass is 506 g/mol. The molecule has 0 N–H and O–H groups in total. The molecule has 35 heavy (non-hydrogen) atoms. The Morgan fingerprint density at radius 3 is 2.06 bits per heavy atom. The lowest BCUT2D eigenvalue weighted by atomic mass is 10.1. The van der Waals surface area contributed by atoms with Gasteiger partial charge in [0.2, 0.25) is 11.7 Å². The highest BCUT2D eigenvalue weighted by Gasteiger charge is 2.32. The fraction of sp³-hybridized carbons (Fsp3) is 0.200. The Morgan fingerprint density at radius 2 is 1.43 bits per heavy atom. The van der Waals surface area contributed by atoms with E-state index >= 15 is 0 Å². The van der Waals surface area contributed by atoms with E-state index in [0.717, 1.165) is 5.39 Å². The van der Waals surface area contributed by atoms with Gasteiger partial charge in [-0.3, -0.25) is 0 Å². The number of fused-ring (bicyclic) bond motifs is 1. The average molecular weight is 506 g/mol. The molecule has 0 amide bonds. The molecule has 0 bridgehead atoms. The van der Waals surface area contributed by atoms with Crippen molar-refractivity contribution in [3.05, 3.63) is 82.8 Å². The second kappa shape index (κ2) is 8.99. The molecule has 0 spiro atoms. The number of nitrogens with zero attached hydrogens (tertiary/aromatic N) is 2. The van der Waals surface area contributed by atoms with E-state index in [-0.39, 0.29) is 33.8 Å². The molecule has 0 fully saturated rings. The number of rotatable bonds is 4. The lowest BCUT2D eigenvalue weighted by molar-refractivity contribution is 0.0706. The van der Waals surface area contributed by atoms with Crippen LogP contribution in [0, 0.1) is 36.0 Å². The number of aryl methyl sites for hydroxylation is 1. The molecule has 0 atom stereocenters. The minimum absolute atomic E-state index is 0.0586. The Morgan fingerprint density at radius 1 is 0.857 bits per heavy atom. The van der Waals surface area contributed by atoms with Crippen molar-refractivity contribution in [3.8, 4) is 5.88 Å². The minimum atomic E-state index is -2.26.